The number of methoxy groups -OCH3 is 1. The molecule has 0 aliphatic heterocycles. The van der Waals surface area contributed by atoms with Crippen molar-refractivity contribution in [2.24, 2.45) is 0 Å². The first-order valence-corrected chi connectivity index (χ1v) is 9.07. The molecule has 1 N–H and O–H groups in total. The molecule has 0 spiro atoms. The lowest BCUT2D eigenvalue weighted by Gasteiger charge is -2.03. The number of carbonyl (C=O) groups excluding carboxylic acids is 2. The normalized spacial score (nSPS) is 10.7. The molecule has 0 aliphatic rings. The van der Waals surface area contributed by atoms with Gasteiger partial charge in [0.2, 0.25) is 5.76 Å². The second-order valence-electron chi connectivity index (χ2n) is 6.47. The number of ether oxygens (including phenoxy) is 1. The summed E-state index contributed by atoms with van der Waals surface area (Å²) >= 11 is 0. The van der Waals surface area contributed by atoms with Crippen molar-refractivity contribution in [3.63, 3.8) is 0 Å². The second kappa shape index (κ2) is 8.08. The summed E-state index contributed by atoms with van der Waals surface area (Å²) in [5.41, 5.74) is 2.13. The van der Waals surface area contributed by atoms with E-state index in [0.717, 1.165) is 5.56 Å². The van der Waals surface area contributed by atoms with Gasteiger partial charge < -0.3 is 19.0 Å². The molecule has 9 heteroatoms. The van der Waals surface area contributed by atoms with Gasteiger partial charge in [-0.3, -0.25) is 9.48 Å². The number of aromatic nitrogens is 3. The fraction of sp³-hybridized carbons (Fsp3) is 0.143. The molecule has 0 radical (unpaired) electrons. The number of nitrogens with zero attached hydrogens (tertiary/aromatic N) is 3. The van der Waals surface area contributed by atoms with Gasteiger partial charge in [-0.2, -0.15) is 5.10 Å². The maximum absolute atomic E-state index is 12.9. The Morgan fingerprint density at radius 3 is 2.73 bits per heavy atom. The van der Waals surface area contributed by atoms with Crippen LogP contribution < -0.4 is 5.32 Å². The first-order chi connectivity index (χ1) is 14.5. The number of benzene rings is 1. The van der Waals surface area contributed by atoms with E-state index in [4.69, 9.17) is 8.94 Å². The number of rotatable bonds is 6. The van der Waals surface area contributed by atoms with Crippen molar-refractivity contribution in [2.45, 2.75) is 13.5 Å². The van der Waals surface area contributed by atoms with E-state index in [2.05, 4.69) is 20.3 Å². The zero-order chi connectivity index (χ0) is 21.1. The molecule has 3 heterocycles. The van der Waals surface area contributed by atoms with E-state index >= 15 is 0 Å². The first-order valence-electron chi connectivity index (χ1n) is 9.07. The van der Waals surface area contributed by atoms with E-state index in [9.17, 15) is 9.59 Å². The van der Waals surface area contributed by atoms with E-state index in [1.54, 1.807) is 23.9 Å². The summed E-state index contributed by atoms with van der Waals surface area (Å²) in [6, 6.07) is 12.5. The molecular weight excluding hydrogens is 388 g/mol. The van der Waals surface area contributed by atoms with Gasteiger partial charge in [-0.05, 0) is 19.1 Å². The number of furan rings is 1. The SMILES string of the molecule is COC(=O)c1ccc(Cn2cc(NC(=O)c3c(-c4ccccc4)noc3C)cn2)o1. The van der Waals surface area contributed by atoms with Gasteiger partial charge in [-0.15, -0.1) is 0 Å². The third-order valence-electron chi connectivity index (χ3n) is 4.39. The van der Waals surface area contributed by atoms with Crippen molar-refractivity contribution >= 4 is 17.6 Å². The molecule has 4 rings (SSSR count). The van der Waals surface area contributed by atoms with Crippen LogP contribution in [0.1, 0.15) is 32.4 Å². The number of hydrogen-bond acceptors (Lipinski definition) is 7. The summed E-state index contributed by atoms with van der Waals surface area (Å²) in [5.74, 6) is 0.165. The Morgan fingerprint density at radius 2 is 1.97 bits per heavy atom. The van der Waals surface area contributed by atoms with Crippen molar-refractivity contribution in [1.82, 2.24) is 14.9 Å². The largest absolute Gasteiger partial charge is 0.463 e. The van der Waals surface area contributed by atoms with Crippen LogP contribution in [0.3, 0.4) is 0 Å². The number of aryl methyl sites for hydroxylation is 1. The minimum Gasteiger partial charge on any atom is -0.463 e. The van der Waals surface area contributed by atoms with Crippen LogP contribution in [-0.4, -0.2) is 33.9 Å². The van der Waals surface area contributed by atoms with Gasteiger partial charge in [0, 0.05) is 11.8 Å². The molecule has 0 aliphatic carbocycles. The molecule has 0 fully saturated rings. The van der Waals surface area contributed by atoms with Crippen LogP contribution in [0.25, 0.3) is 11.3 Å². The highest BCUT2D eigenvalue weighted by molar-refractivity contribution is 6.08. The van der Waals surface area contributed by atoms with Gasteiger partial charge in [0.1, 0.15) is 22.8 Å². The van der Waals surface area contributed by atoms with Crippen LogP contribution in [-0.2, 0) is 11.3 Å². The van der Waals surface area contributed by atoms with Gasteiger partial charge in [0.05, 0.1) is 25.5 Å². The molecule has 4 aromatic rings. The lowest BCUT2D eigenvalue weighted by molar-refractivity contribution is 0.0562. The van der Waals surface area contributed by atoms with Gasteiger partial charge in [-0.1, -0.05) is 35.5 Å². The number of hydrogen-bond donors (Lipinski definition) is 1. The van der Waals surface area contributed by atoms with E-state index in [1.165, 1.54) is 19.4 Å². The van der Waals surface area contributed by atoms with Crippen molar-refractivity contribution in [2.75, 3.05) is 12.4 Å². The number of carbonyl (C=O) groups is 2. The number of esters is 1. The molecule has 0 unspecified atom stereocenters. The lowest BCUT2D eigenvalue weighted by Crippen LogP contribution is -2.13. The molecule has 1 aromatic carbocycles. The second-order valence-corrected chi connectivity index (χ2v) is 6.47. The maximum Gasteiger partial charge on any atom is 0.373 e. The highest BCUT2D eigenvalue weighted by atomic mass is 16.5. The van der Waals surface area contributed by atoms with Crippen LogP contribution >= 0.6 is 0 Å². The van der Waals surface area contributed by atoms with Gasteiger partial charge in [-0.25, -0.2) is 4.79 Å². The van der Waals surface area contributed by atoms with Crippen molar-refractivity contribution in [1.29, 1.82) is 0 Å². The van der Waals surface area contributed by atoms with Gasteiger partial charge >= 0.3 is 5.97 Å². The Labute approximate surface area is 171 Å². The summed E-state index contributed by atoms with van der Waals surface area (Å²) in [7, 11) is 1.29. The highest BCUT2D eigenvalue weighted by Gasteiger charge is 2.22. The molecule has 0 saturated carbocycles. The molecule has 1 amide bonds. The monoisotopic (exact) mass is 406 g/mol. The highest BCUT2D eigenvalue weighted by Crippen LogP contribution is 2.26. The number of amides is 1. The van der Waals surface area contributed by atoms with Crippen LogP contribution in [0.15, 0.2) is 63.8 Å². The van der Waals surface area contributed by atoms with Crippen LogP contribution in [0.5, 0.6) is 0 Å². The molecule has 152 valence electrons. The summed E-state index contributed by atoms with van der Waals surface area (Å²) in [4.78, 5) is 24.3. The number of anilines is 1. The van der Waals surface area contributed by atoms with Crippen molar-refractivity contribution in [3.05, 3.63) is 77.7 Å². The smallest absolute Gasteiger partial charge is 0.373 e. The lowest BCUT2D eigenvalue weighted by atomic mass is 10.1. The predicted molar refractivity (Wildman–Crippen MR) is 106 cm³/mol. The molecule has 3 aromatic heterocycles. The predicted octanol–water partition coefficient (Wildman–Crippen LogP) is 3.53. The zero-order valence-corrected chi connectivity index (χ0v) is 16.3. The van der Waals surface area contributed by atoms with Crippen LogP contribution in [0, 0.1) is 6.92 Å². The Bertz CT molecular complexity index is 1190. The third kappa shape index (κ3) is 3.86. The Hall–Kier alpha value is -4.14. The van der Waals surface area contributed by atoms with E-state index in [-0.39, 0.29) is 18.2 Å². The minimum atomic E-state index is -0.548. The van der Waals surface area contributed by atoms with Crippen LogP contribution in [0.4, 0.5) is 5.69 Å². The average Bonchev–Trinajstić information content (AvgIpc) is 3.49. The molecule has 0 saturated heterocycles. The summed E-state index contributed by atoms with van der Waals surface area (Å²) in [6.07, 6.45) is 3.18. The van der Waals surface area contributed by atoms with E-state index < -0.39 is 5.97 Å². The molecule has 9 nitrogen and oxygen atoms in total. The van der Waals surface area contributed by atoms with Gasteiger partial charge in [0.15, 0.2) is 0 Å². The average molecular weight is 406 g/mol. The molecule has 0 atom stereocenters. The fourth-order valence-corrected chi connectivity index (χ4v) is 2.97. The minimum absolute atomic E-state index is 0.115. The standard InChI is InChI=1S/C21H18N4O5/c1-13-18(19(24-30-13)14-6-4-3-5-7-14)20(26)23-15-10-22-25(11-15)12-16-8-9-17(29-16)21(27)28-2/h3-11H,12H2,1-2H3,(H,23,26). The van der Waals surface area contributed by atoms with E-state index in [0.29, 0.717) is 28.5 Å². The van der Waals surface area contributed by atoms with Crippen LogP contribution in [0.2, 0.25) is 0 Å². The summed E-state index contributed by atoms with van der Waals surface area (Å²) in [6.45, 7) is 1.97. The van der Waals surface area contributed by atoms with Crippen molar-refractivity contribution < 1.29 is 23.3 Å². The van der Waals surface area contributed by atoms with Gasteiger partial charge in [0.25, 0.3) is 5.91 Å². The zero-order valence-electron chi connectivity index (χ0n) is 16.3. The quantitative estimate of drug-likeness (QED) is 0.487. The summed E-state index contributed by atoms with van der Waals surface area (Å²) in [5, 5.41) is 11.0. The fourth-order valence-electron chi connectivity index (χ4n) is 2.97. The maximum atomic E-state index is 12.9. The third-order valence-corrected chi connectivity index (χ3v) is 4.39. The number of nitrogens with one attached hydrogen (secondary N) is 1. The Kier molecular flexibility index (Phi) is 5.17. The van der Waals surface area contributed by atoms with Crippen molar-refractivity contribution in [3.8, 4) is 11.3 Å². The molecular formula is C21H18N4O5. The molecule has 30 heavy (non-hydrogen) atoms. The van der Waals surface area contributed by atoms with E-state index in [1.807, 2.05) is 30.3 Å². The first kappa shape index (κ1) is 19.2. The summed E-state index contributed by atoms with van der Waals surface area (Å²) < 4.78 is 16.9. The Morgan fingerprint density at radius 1 is 1.17 bits per heavy atom. The topological polar surface area (TPSA) is 112 Å². The molecule has 0 bridgehead atoms. The Balaban J connectivity index is 1.48.